The fourth-order valence-corrected chi connectivity index (χ4v) is 2.13. The molecule has 0 unspecified atom stereocenters. The molecule has 0 bridgehead atoms. The van der Waals surface area contributed by atoms with Gasteiger partial charge in [-0.1, -0.05) is 24.0 Å². The van der Waals surface area contributed by atoms with Crippen LogP contribution in [-0.4, -0.2) is 15.5 Å². The van der Waals surface area contributed by atoms with E-state index in [4.69, 9.17) is 0 Å². The van der Waals surface area contributed by atoms with Crippen LogP contribution in [0.15, 0.2) is 40.5 Å². The molecule has 16 heavy (non-hydrogen) atoms. The predicted octanol–water partition coefficient (Wildman–Crippen LogP) is -2.42. The average molecular weight is 266 g/mol. The van der Waals surface area contributed by atoms with Gasteiger partial charge in [-0.3, -0.25) is 0 Å². The Labute approximate surface area is 138 Å². The summed E-state index contributed by atoms with van der Waals surface area (Å²) < 4.78 is 27.9. The summed E-state index contributed by atoms with van der Waals surface area (Å²) in [6.07, 6.45) is 0.190. The van der Waals surface area contributed by atoms with E-state index in [1.165, 1.54) is 12.1 Å². The molecule has 6 heteroatoms. The molecule has 0 aliphatic rings. The third kappa shape index (κ3) is 3.58. The Kier molecular flexibility index (Phi) is 6.84. The smallest absolute Gasteiger partial charge is 0.875 e. The second-order valence-electron chi connectivity index (χ2n) is 2.96. The van der Waals surface area contributed by atoms with Gasteiger partial charge >= 0.3 is 51.4 Å². The molecule has 4 nitrogen and oxygen atoms in total. The van der Waals surface area contributed by atoms with Gasteiger partial charge in [0.05, 0.1) is 12.0 Å². The van der Waals surface area contributed by atoms with Gasteiger partial charge in [-0.15, -0.1) is 0 Å². The molecule has 0 fully saturated rings. The second kappa shape index (κ2) is 6.78. The predicted molar refractivity (Wildman–Crippen MR) is 53.5 cm³/mol. The number of aryl methyl sites for hydroxylation is 1. The summed E-state index contributed by atoms with van der Waals surface area (Å²) in [6.45, 7) is 1.84. The number of rotatable bonds is 3. The second-order valence-corrected chi connectivity index (χ2v) is 4.84. The van der Waals surface area contributed by atoms with E-state index in [-0.39, 0.29) is 62.5 Å². The van der Waals surface area contributed by atoms with Gasteiger partial charge in [0.15, 0.2) is 0 Å². The van der Waals surface area contributed by atoms with Crippen molar-refractivity contribution < 1.29 is 69.6 Å². The van der Waals surface area contributed by atoms with Crippen molar-refractivity contribution in [1.82, 2.24) is 0 Å². The van der Waals surface area contributed by atoms with Gasteiger partial charge in [0.2, 0.25) is 14.9 Å². The van der Waals surface area contributed by atoms with Crippen molar-refractivity contribution in [1.29, 1.82) is 0 Å². The van der Waals surface area contributed by atoms with Gasteiger partial charge in [-0.2, -0.15) is 0 Å². The first-order chi connectivity index (χ1) is 7.02. The largest absolute Gasteiger partial charge is 1.00 e. The number of sulfone groups is 1. The van der Waals surface area contributed by atoms with Crippen LogP contribution in [0.4, 0.5) is 0 Å². The molecular formula is C10H11KO4S. The van der Waals surface area contributed by atoms with Gasteiger partial charge in [0.1, 0.15) is 0 Å². The first-order valence-corrected chi connectivity index (χ1v) is 5.68. The summed E-state index contributed by atoms with van der Waals surface area (Å²) in [6, 6.07) is 6.19. The standard InChI is InChI=1S/C10H12O4S.K/c1-8-3-5-9(6-4-8)15(12,13)10(7-11)14-2;/h3-7,11H,1-2H3;/q;+1/p-1/b10-7-;. The van der Waals surface area contributed by atoms with Crippen LogP contribution in [0.5, 0.6) is 0 Å². The molecule has 0 aromatic heterocycles. The van der Waals surface area contributed by atoms with Crippen molar-refractivity contribution >= 4 is 9.84 Å². The molecular weight excluding hydrogens is 255 g/mol. The van der Waals surface area contributed by atoms with E-state index in [1.54, 1.807) is 12.1 Å². The zero-order chi connectivity index (χ0) is 11.5. The minimum Gasteiger partial charge on any atom is -0.875 e. The maximum atomic E-state index is 11.7. The molecule has 82 valence electrons. The Hall–Kier alpha value is 0.146. The number of hydrogen-bond acceptors (Lipinski definition) is 4. The van der Waals surface area contributed by atoms with Crippen LogP contribution >= 0.6 is 0 Å². The number of methoxy groups -OCH3 is 1. The Morgan fingerprint density at radius 2 is 1.81 bits per heavy atom. The van der Waals surface area contributed by atoms with Crippen LogP contribution in [-0.2, 0) is 14.6 Å². The molecule has 0 atom stereocenters. The number of ether oxygens (including phenoxy) is 1. The van der Waals surface area contributed by atoms with E-state index in [0.29, 0.717) is 0 Å². The topological polar surface area (TPSA) is 66.4 Å². The monoisotopic (exact) mass is 266 g/mol. The van der Waals surface area contributed by atoms with Crippen molar-refractivity contribution in [2.75, 3.05) is 7.11 Å². The van der Waals surface area contributed by atoms with E-state index in [0.717, 1.165) is 12.7 Å². The van der Waals surface area contributed by atoms with Gasteiger partial charge in [0.25, 0.3) is 0 Å². The van der Waals surface area contributed by atoms with E-state index in [1.807, 2.05) is 6.92 Å². The van der Waals surface area contributed by atoms with Crippen LogP contribution in [0.25, 0.3) is 0 Å². The molecule has 0 aliphatic carbocycles. The minimum atomic E-state index is -3.79. The maximum Gasteiger partial charge on any atom is 1.00 e. The quantitative estimate of drug-likeness (QED) is 0.451. The molecule has 0 N–H and O–H groups in total. The first-order valence-electron chi connectivity index (χ1n) is 4.20. The molecule has 0 saturated carbocycles. The molecule has 1 aromatic carbocycles. The number of benzene rings is 1. The van der Waals surface area contributed by atoms with Crippen molar-refractivity contribution in [2.45, 2.75) is 11.8 Å². The van der Waals surface area contributed by atoms with Crippen LogP contribution < -0.4 is 56.5 Å². The van der Waals surface area contributed by atoms with Gasteiger partial charge in [-0.25, -0.2) is 8.42 Å². The Morgan fingerprint density at radius 1 is 1.31 bits per heavy atom. The molecule has 0 amide bonds. The van der Waals surface area contributed by atoms with Crippen molar-refractivity contribution in [3.05, 3.63) is 41.2 Å². The Morgan fingerprint density at radius 3 is 2.19 bits per heavy atom. The SMILES string of the molecule is CO/C(=C/[O-])S(=O)(=O)c1ccc(C)cc1.[K+]. The summed E-state index contributed by atoms with van der Waals surface area (Å²) >= 11 is 0. The molecule has 0 spiro atoms. The zero-order valence-corrected chi connectivity index (χ0v) is 13.4. The normalized spacial score (nSPS) is 11.8. The third-order valence-electron chi connectivity index (χ3n) is 1.89. The molecule has 0 heterocycles. The molecule has 1 rings (SSSR count). The van der Waals surface area contributed by atoms with Crippen LogP contribution in [0.3, 0.4) is 0 Å². The van der Waals surface area contributed by atoms with E-state index < -0.39 is 14.9 Å². The summed E-state index contributed by atoms with van der Waals surface area (Å²) in [7, 11) is -2.64. The van der Waals surface area contributed by atoms with Gasteiger partial charge in [-0.05, 0) is 19.1 Å². The Bertz CT molecular complexity index is 462. The van der Waals surface area contributed by atoms with Crippen molar-refractivity contribution in [2.24, 2.45) is 0 Å². The molecule has 0 radical (unpaired) electrons. The van der Waals surface area contributed by atoms with Crippen molar-refractivity contribution in [3.63, 3.8) is 0 Å². The third-order valence-corrected chi connectivity index (χ3v) is 3.58. The fourth-order valence-electron chi connectivity index (χ4n) is 1.05. The summed E-state index contributed by atoms with van der Waals surface area (Å²) in [5.74, 6) is 0. The van der Waals surface area contributed by atoms with E-state index in [2.05, 4.69) is 4.74 Å². The van der Waals surface area contributed by atoms with Gasteiger partial charge in [0, 0.05) is 0 Å². The van der Waals surface area contributed by atoms with Crippen LogP contribution in [0.2, 0.25) is 0 Å². The molecule has 1 aromatic rings. The van der Waals surface area contributed by atoms with Crippen LogP contribution in [0, 0.1) is 6.92 Å². The van der Waals surface area contributed by atoms with Crippen LogP contribution in [0.1, 0.15) is 5.56 Å². The number of hydrogen-bond donors (Lipinski definition) is 0. The Balaban J connectivity index is 0.00000225. The van der Waals surface area contributed by atoms with Crippen molar-refractivity contribution in [3.8, 4) is 0 Å². The van der Waals surface area contributed by atoms with Gasteiger partial charge < -0.3 is 9.84 Å². The molecule has 0 aliphatic heterocycles. The summed E-state index contributed by atoms with van der Waals surface area (Å²) in [5, 5.41) is 9.90. The average Bonchev–Trinajstić information content (AvgIpc) is 2.19. The maximum absolute atomic E-state index is 11.7. The summed E-state index contributed by atoms with van der Waals surface area (Å²) in [5.41, 5.74) is 0.944. The van der Waals surface area contributed by atoms with E-state index >= 15 is 0 Å². The van der Waals surface area contributed by atoms with E-state index in [9.17, 15) is 13.5 Å². The fraction of sp³-hybridized carbons (Fsp3) is 0.200. The zero-order valence-electron chi connectivity index (χ0n) is 9.43. The molecule has 0 saturated heterocycles. The summed E-state index contributed by atoms with van der Waals surface area (Å²) in [4.78, 5) is 0.0528. The first kappa shape index (κ1) is 16.1. The minimum absolute atomic E-state index is 0.